The van der Waals surface area contributed by atoms with Crippen LogP contribution in [0.1, 0.15) is 19.3 Å². The fourth-order valence-corrected chi connectivity index (χ4v) is 4.96. The third-order valence-electron chi connectivity index (χ3n) is 3.32. The summed E-state index contributed by atoms with van der Waals surface area (Å²) in [7, 11) is -0.615. The van der Waals surface area contributed by atoms with Crippen LogP contribution in [0, 0.1) is 5.41 Å². The first-order valence-electron chi connectivity index (χ1n) is 4.90. The second kappa shape index (κ2) is 2.95. The molecule has 2 heterocycles. The maximum atomic E-state index is 11.4. The summed E-state index contributed by atoms with van der Waals surface area (Å²) in [5.41, 5.74) is 0.117. The Labute approximate surface area is 80.0 Å². The Morgan fingerprint density at radius 3 is 2.62 bits per heavy atom. The number of nitrogens with zero attached hydrogens (tertiary/aromatic N) is 1. The zero-order chi connectivity index (χ0) is 9.53. The molecule has 0 aromatic rings. The standard InChI is InChI=1S/C9H17NO2S/c1-10-5-2-3-9(7-10)4-6-13(11,12)8-9/h2-8H2,1H3. The van der Waals surface area contributed by atoms with Crippen LogP contribution >= 0.6 is 0 Å². The summed E-state index contributed by atoms with van der Waals surface area (Å²) in [6, 6.07) is 0. The molecule has 3 nitrogen and oxygen atoms in total. The van der Waals surface area contributed by atoms with E-state index in [4.69, 9.17) is 0 Å². The molecule has 0 bridgehead atoms. The average Bonchev–Trinajstić information content (AvgIpc) is 2.26. The van der Waals surface area contributed by atoms with Gasteiger partial charge in [0, 0.05) is 6.54 Å². The number of hydrogen-bond acceptors (Lipinski definition) is 3. The lowest BCUT2D eigenvalue weighted by Gasteiger charge is -2.37. The maximum absolute atomic E-state index is 11.4. The molecule has 13 heavy (non-hydrogen) atoms. The largest absolute Gasteiger partial charge is 0.306 e. The van der Waals surface area contributed by atoms with Gasteiger partial charge in [-0.2, -0.15) is 0 Å². The van der Waals surface area contributed by atoms with E-state index in [1.165, 1.54) is 0 Å². The SMILES string of the molecule is CN1CCCC2(CCS(=O)(=O)C2)C1. The van der Waals surface area contributed by atoms with Gasteiger partial charge < -0.3 is 4.90 Å². The molecule has 2 aliphatic heterocycles. The Kier molecular flexibility index (Phi) is 2.15. The molecular weight excluding hydrogens is 186 g/mol. The molecule has 0 N–H and O–H groups in total. The van der Waals surface area contributed by atoms with Gasteiger partial charge in [0.25, 0.3) is 0 Å². The van der Waals surface area contributed by atoms with Crippen molar-refractivity contribution < 1.29 is 8.42 Å². The normalized spacial score (nSPS) is 39.8. The van der Waals surface area contributed by atoms with Gasteiger partial charge in [-0.25, -0.2) is 8.42 Å². The number of likely N-dealkylation sites (tertiary alicyclic amines) is 1. The van der Waals surface area contributed by atoms with E-state index in [9.17, 15) is 8.42 Å². The lowest BCUT2D eigenvalue weighted by molar-refractivity contribution is 0.132. The fourth-order valence-electron chi connectivity index (χ4n) is 2.76. The molecule has 2 saturated heterocycles. The van der Waals surface area contributed by atoms with Crippen molar-refractivity contribution in [1.82, 2.24) is 4.90 Å². The van der Waals surface area contributed by atoms with Gasteiger partial charge in [-0.15, -0.1) is 0 Å². The molecule has 76 valence electrons. The van der Waals surface area contributed by atoms with Crippen molar-refractivity contribution in [2.24, 2.45) is 5.41 Å². The monoisotopic (exact) mass is 203 g/mol. The Morgan fingerprint density at radius 1 is 1.31 bits per heavy atom. The molecule has 4 heteroatoms. The van der Waals surface area contributed by atoms with E-state index in [1.54, 1.807) is 0 Å². The summed E-state index contributed by atoms with van der Waals surface area (Å²) >= 11 is 0. The molecule has 0 amide bonds. The van der Waals surface area contributed by atoms with Crippen LogP contribution in [-0.2, 0) is 9.84 Å². The van der Waals surface area contributed by atoms with E-state index in [-0.39, 0.29) is 5.41 Å². The molecule has 1 spiro atoms. The third-order valence-corrected chi connectivity index (χ3v) is 5.20. The highest BCUT2D eigenvalue weighted by Gasteiger charge is 2.43. The van der Waals surface area contributed by atoms with Crippen LogP contribution in [0.5, 0.6) is 0 Å². The molecule has 0 aliphatic carbocycles. The average molecular weight is 203 g/mol. The van der Waals surface area contributed by atoms with Crippen molar-refractivity contribution >= 4 is 9.84 Å². The molecule has 0 aromatic carbocycles. The van der Waals surface area contributed by atoms with E-state index in [2.05, 4.69) is 11.9 Å². The predicted molar refractivity (Wildman–Crippen MR) is 52.4 cm³/mol. The summed E-state index contributed by atoms with van der Waals surface area (Å²) in [5, 5.41) is 0. The van der Waals surface area contributed by atoms with Crippen LogP contribution in [0.25, 0.3) is 0 Å². The highest BCUT2D eigenvalue weighted by molar-refractivity contribution is 7.91. The Balaban J connectivity index is 2.14. The highest BCUT2D eigenvalue weighted by atomic mass is 32.2. The zero-order valence-electron chi connectivity index (χ0n) is 8.12. The van der Waals surface area contributed by atoms with Crippen LogP contribution in [0.15, 0.2) is 0 Å². The molecule has 2 rings (SSSR count). The summed E-state index contributed by atoms with van der Waals surface area (Å²) < 4.78 is 22.8. The molecule has 0 saturated carbocycles. The summed E-state index contributed by atoms with van der Waals surface area (Å²) in [6.07, 6.45) is 3.16. The maximum Gasteiger partial charge on any atom is 0.150 e. The van der Waals surface area contributed by atoms with Crippen molar-refractivity contribution in [1.29, 1.82) is 0 Å². The third kappa shape index (κ3) is 1.89. The predicted octanol–water partition coefficient (Wildman–Crippen LogP) is 0.517. The van der Waals surface area contributed by atoms with Gasteiger partial charge in [-0.05, 0) is 38.3 Å². The van der Waals surface area contributed by atoms with E-state index in [0.29, 0.717) is 11.5 Å². The second-order valence-corrected chi connectivity index (χ2v) is 6.87. The molecule has 0 aromatic heterocycles. The minimum atomic E-state index is -2.70. The van der Waals surface area contributed by atoms with Gasteiger partial charge in [-0.1, -0.05) is 0 Å². The molecular formula is C9H17NO2S. The van der Waals surface area contributed by atoms with Gasteiger partial charge in [-0.3, -0.25) is 0 Å². The van der Waals surface area contributed by atoms with E-state index < -0.39 is 9.84 Å². The Bertz CT molecular complexity index is 299. The van der Waals surface area contributed by atoms with Gasteiger partial charge in [0.15, 0.2) is 9.84 Å². The minimum absolute atomic E-state index is 0.117. The topological polar surface area (TPSA) is 37.4 Å². The summed E-state index contributed by atoms with van der Waals surface area (Å²) in [5.74, 6) is 0.852. The van der Waals surface area contributed by atoms with E-state index >= 15 is 0 Å². The first kappa shape index (κ1) is 9.46. The first-order chi connectivity index (χ1) is 6.02. The van der Waals surface area contributed by atoms with Gasteiger partial charge in [0.05, 0.1) is 11.5 Å². The Morgan fingerprint density at radius 2 is 2.08 bits per heavy atom. The van der Waals surface area contributed by atoms with Gasteiger partial charge in [0.2, 0.25) is 0 Å². The van der Waals surface area contributed by atoms with Crippen molar-refractivity contribution in [2.45, 2.75) is 19.3 Å². The van der Waals surface area contributed by atoms with Crippen molar-refractivity contribution in [3.63, 3.8) is 0 Å². The molecule has 2 fully saturated rings. The van der Waals surface area contributed by atoms with Crippen LogP contribution in [0.3, 0.4) is 0 Å². The lowest BCUT2D eigenvalue weighted by atomic mass is 9.80. The number of piperidine rings is 1. The van der Waals surface area contributed by atoms with Crippen LogP contribution in [0.2, 0.25) is 0 Å². The first-order valence-corrected chi connectivity index (χ1v) is 6.73. The van der Waals surface area contributed by atoms with Crippen LogP contribution in [-0.4, -0.2) is 45.0 Å². The molecule has 1 unspecified atom stereocenters. The fraction of sp³-hybridized carbons (Fsp3) is 1.00. The second-order valence-electron chi connectivity index (χ2n) is 4.68. The zero-order valence-corrected chi connectivity index (χ0v) is 8.94. The number of hydrogen-bond donors (Lipinski definition) is 0. The quantitative estimate of drug-likeness (QED) is 0.576. The molecule has 2 aliphatic rings. The Hall–Kier alpha value is -0.0900. The lowest BCUT2D eigenvalue weighted by Crippen LogP contribution is -2.41. The highest BCUT2D eigenvalue weighted by Crippen LogP contribution is 2.39. The summed E-state index contributed by atoms with van der Waals surface area (Å²) in [4.78, 5) is 2.27. The molecule has 0 radical (unpaired) electrons. The molecule has 1 atom stereocenters. The van der Waals surface area contributed by atoms with Gasteiger partial charge in [0.1, 0.15) is 0 Å². The number of rotatable bonds is 0. The minimum Gasteiger partial charge on any atom is -0.306 e. The van der Waals surface area contributed by atoms with Gasteiger partial charge >= 0.3 is 0 Å². The van der Waals surface area contributed by atoms with Crippen molar-refractivity contribution in [2.75, 3.05) is 31.6 Å². The smallest absolute Gasteiger partial charge is 0.150 e. The van der Waals surface area contributed by atoms with Crippen molar-refractivity contribution in [3.05, 3.63) is 0 Å². The number of sulfone groups is 1. The summed E-state index contributed by atoms with van der Waals surface area (Å²) in [6.45, 7) is 2.11. The van der Waals surface area contributed by atoms with E-state index in [0.717, 1.165) is 32.4 Å². The van der Waals surface area contributed by atoms with E-state index in [1.807, 2.05) is 0 Å². The van der Waals surface area contributed by atoms with Crippen molar-refractivity contribution in [3.8, 4) is 0 Å². The van der Waals surface area contributed by atoms with Crippen LogP contribution < -0.4 is 0 Å². The van der Waals surface area contributed by atoms with Crippen LogP contribution in [0.4, 0.5) is 0 Å².